The number of nitrogens with zero attached hydrogens (tertiary/aromatic N) is 4. The summed E-state index contributed by atoms with van der Waals surface area (Å²) in [5, 5.41) is 8.92. The molecule has 0 bridgehead atoms. The summed E-state index contributed by atoms with van der Waals surface area (Å²) in [5.41, 5.74) is 2.54. The van der Waals surface area contributed by atoms with Gasteiger partial charge in [-0.05, 0) is 80.6 Å². The number of carbonyl (C=O) groups is 1. The minimum Gasteiger partial charge on any atom is -0.493 e. The van der Waals surface area contributed by atoms with Crippen molar-refractivity contribution in [2.45, 2.75) is 71.1 Å². The van der Waals surface area contributed by atoms with Crippen molar-refractivity contribution < 1.29 is 23.9 Å². The predicted octanol–water partition coefficient (Wildman–Crippen LogP) is 4.72. The molecule has 214 valence electrons. The minimum atomic E-state index is 0.0780. The van der Waals surface area contributed by atoms with Gasteiger partial charge in [-0.3, -0.25) is 4.79 Å². The van der Waals surface area contributed by atoms with Crippen molar-refractivity contribution in [2.24, 2.45) is 18.9 Å². The summed E-state index contributed by atoms with van der Waals surface area (Å²) < 4.78 is 13.8. The van der Waals surface area contributed by atoms with Gasteiger partial charge in [-0.1, -0.05) is 36.8 Å². The minimum absolute atomic E-state index is 0.0780. The van der Waals surface area contributed by atoms with Crippen LogP contribution in [0.3, 0.4) is 0 Å². The second-order valence-corrected chi connectivity index (χ2v) is 11.5. The molecule has 0 radical (unpaired) electrons. The Morgan fingerprint density at radius 1 is 1.18 bits per heavy atom. The monoisotopic (exact) mass is 539 g/mol. The van der Waals surface area contributed by atoms with Crippen molar-refractivity contribution in [3.8, 4) is 5.75 Å². The Balaban J connectivity index is 1.19. The number of piperidine rings is 1. The number of benzene rings is 1. The summed E-state index contributed by atoms with van der Waals surface area (Å²) in [4.78, 5) is 21.6. The Morgan fingerprint density at radius 2 is 1.92 bits per heavy atom. The molecule has 1 aliphatic carbocycles. The first-order valence-electron chi connectivity index (χ1n) is 14.8. The summed E-state index contributed by atoms with van der Waals surface area (Å²) >= 11 is 0. The summed E-state index contributed by atoms with van der Waals surface area (Å²) in [6.45, 7) is 7.85. The molecule has 2 aromatic rings. The van der Waals surface area contributed by atoms with Crippen molar-refractivity contribution in [1.29, 1.82) is 0 Å². The van der Waals surface area contributed by atoms with E-state index in [-0.39, 0.29) is 18.4 Å². The molecule has 8 heteroatoms. The van der Waals surface area contributed by atoms with Gasteiger partial charge >= 0.3 is 11.8 Å². The number of aliphatic hydroxyl groups excluding tert-OH is 1. The standard InChI is InChI=1S/C31H47N4O4/c1-23(2)29-32-31(39-34(29)4)35-19-16-24(17-20-35)22-38-28-14-12-26(13-15-28)25-8-10-27(11-9-25)30(37)33(3)18-6-5-7-21-36/h8,12-15,23-24,27,36H,5-7,9-11,16-22H2,1-4H3/q+1. The lowest BCUT2D eigenvalue weighted by Crippen LogP contribution is -2.36. The first-order valence-corrected chi connectivity index (χ1v) is 14.8. The molecule has 1 aromatic carbocycles. The fourth-order valence-corrected chi connectivity index (χ4v) is 5.63. The van der Waals surface area contributed by atoms with E-state index in [0.717, 1.165) is 95.2 Å². The second kappa shape index (κ2) is 14.0. The smallest absolute Gasteiger partial charge is 0.453 e. The topological polar surface area (TPSA) is 82.9 Å². The highest BCUT2D eigenvalue weighted by atomic mass is 16.5. The summed E-state index contributed by atoms with van der Waals surface area (Å²) in [6.07, 6.45) is 9.71. The first kappa shape index (κ1) is 29.1. The molecule has 1 atom stereocenters. The largest absolute Gasteiger partial charge is 0.493 e. The molecule has 1 aliphatic heterocycles. The number of aromatic nitrogens is 2. The van der Waals surface area contributed by atoms with E-state index in [9.17, 15) is 4.79 Å². The van der Waals surface area contributed by atoms with Crippen LogP contribution in [0.4, 0.5) is 6.01 Å². The van der Waals surface area contributed by atoms with E-state index in [0.29, 0.717) is 11.8 Å². The molecule has 1 N–H and O–H groups in total. The Bertz CT molecular complexity index is 1090. The number of aryl methyl sites for hydroxylation is 1. The number of amides is 1. The number of unbranched alkanes of at least 4 members (excludes halogenated alkanes) is 2. The number of hydrogen-bond donors (Lipinski definition) is 1. The zero-order valence-corrected chi connectivity index (χ0v) is 24.3. The van der Waals surface area contributed by atoms with Crippen LogP contribution in [0.25, 0.3) is 5.57 Å². The van der Waals surface area contributed by atoms with Crippen LogP contribution in [0, 0.1) is 11.8 Å². The number of allylic oxidation sites excluding steroid dienone is 2. The molecule has 2 aliphatic rings. The molecule has 4 rings (SSSR count). The van der Waals surface area contributed by atoms with Gasteiger partial charge in [0.25, 0.3) is 0 Å². The van der Waals surface area contributed by atoms with Crippen LogP contribution in [0.1, 0.15) is 82.5 Å². The molecule has 0 saturated carbocycles. The maximum Gasteiger partial charge on any atom is 0.453 e. The molecule has 1 fully saturated rings. The summed E-state index contributed by atoms with van der Waals surface area (Å²) in [7, 11) is 3.82. The predicted molar refractivity (Wildman–Crippen MR) is 153 cm³/mol. The average molecular weight is 540 g/mol. The third-order valence-electron chi connectivity index (χ3n) is 8.15. The molecule has 8 nitrogen and oxygen atoms in total. The second-order valence-electron chi connectivity index (χ2n) is 11.5. The van der Waals surface area contributed by atoms with Gasteiger partial charge in [-0.2, -0.15) is 0 Å². The summed E-state index contributed by atoms with van der Waals surface area (Å²) in [5.74, 6) is 3.08. The van der Waals surface area contributed by atoms with Gasteiger partial charge in [0.15, 0.2) is 0 Å². The van der Waals surface area contributed by atoms with E-state index in [4.69, 9.17) is 19.4 Å². The molecule has 1 aromatic heterocycles. The normalized spacial score (nSPS) is 18.4. The number of aliphatic hydroxyl groups is 1. The van der Waals surface area contributed by atoms with Crippen LogP contribution in [-0.4, -0.2) is 60.8 Å². The number of hydrogen-bond acceptors (Lipinski definition) is 6. The Labute approximate surface area is 233 Å². The van der Waals surface area contributed by atoms with E-state index in [1.54, 1.807) is 4.74 Å². The van der Waals surface area contributed by atoms with Gasteiger partial charge in [0.1, 0.15) is 12.8 Å². The number of rotatable bonds is 12. The van der Waals surface area contributed by atoms with E-state index in [1.165, 1.54) is 11.1 Å². The quantitative estimate of drug-likeness (QED) is 0.310. The molecular formula is C31H47N4O4+. The molecule has 2 heterocycles. The van der Waals surface area contributed by atoms with Gasteiger partial charge < -0.3 is 19.6 Å². The Morgan fingerprint density at radius 3 is 2.54 bits per heavy atom. The lowest BCUT2D eigenvalue weighted by molar-refractivity contribution is -0.850. The van der Waals surface area contributed by atoms with Gasteiger partial charge in [-0.25, -0.2) is 4.52 Å². The highest BCUT2D eigenvalue weighted by Gasteiger charge is 2.30. The Kier molecular flexibility index (Phi) is 10.4. The molecule has 39 heavy (non-hydrogen) atoms. The van der Waals surface area contributed by atoms with E-state index < -0.39 is 0 Å². The SMILES string of the molecule is CC(C)c1nc(N2CCC(COc3ccc(C4=CCC(C(=O)N(C)CCCCCO)CC4)cc3)CC2)o[n+]1C. The zero-order chi connectivity index (χ0) is 27.8. The van der Waals surface area contributed by atoms with E-state index in [2.05, 4.69) is 49.1 Å². The Hall–Kier alpha value is -2.87. The van der Waals surface area contributed by atoms with Crippen molar-refractivity contribution >= 4 is 17.5 Å². The van der Waals surface area contributed by atoms with Crippen LogP contribution in [0.15, 0.2) is 34.9 Å². The number of ether oxygens (including phenoxy) is 1. The van der Waals surface area contributed by atoms with Gasteiger partial charge in [0, 0.05) is 44.2 Å². The van der Waals surface area contributed by atoms with Crippen LogP contribution in [0.5, 0.6) is 5.75 Å². The third kappa shape index (κ3) is 7.84. The van der Waals surface area contributed by atoms with E-state index in [1.807, 2.05) is 19.0 Å². The van der Waals surface area contributed by atoms with Crippen molar-refractivity contribution in [2.75, 3.05) is 44.8 Å². The van der Waals surface area contributed by atoms with Gasteiger partial charge in [0.05, 0.1) is 12.5 Å². The lowest BCUT2D eigenvalue weighted by atomic mass is 9.86. The highest BCUT2D eigenvalue weighted by Crippen LogP contribution is 2.32. The maximum atomic E-state index is 12.8. The van der Waals surface area contributed by atoms with Crippen LogP contribution in [0.2, 0.25) is 0 Å². The zero-order valence-electron chi connectivity index (χ0n) is 24.3. The average Bonchev–Trinajstić information content (AvgIpc) is 3.36. The third-order valence-corrected chi connectivity index (χ3v) is 8.15. The fraction of sp³-hybridized carbons (Fsp3) is 0.645. The molecule has 1 unspecified atom stereocenters. The maximum absolute atomic E-state index is 12.8. The van der Waals surface area contributed by atoms with Crippen LogP contribution in [-0.2, 0) is 11.8 Å². The van der Waals surface area contributed by atoms with Crippen LogP contribution >= 0.6 is 0 Å². The first-order chi connectivity index (χ1) is 18.9. The molecular weight excluding hydrogens is 492 g/mol. The molecule has 1 amide bonds. The van der Waals surface area contributed by atoms with E-state index >= 15 is 0 Å². The molecule has 1 saturated heterocycles. The van der Waals surface area contributed by atoms with Crippen molar-refractivity contribution in [3.05, 3.63) is 41.7 Å². The van der Waals surface area contributed by atoms with Crippen LogP contribution < -0.4 is 14.4 Å². The number of carbonyl (C=O) groups excluding carboxylic acids is 1. The molecule has 0 spiro atoms. The highest BCUT2D eigenvalue weighted by molar-refractivity contribution is 5.80. The lowest BCUT2D eigenvalue weighted by Gasteiger charge is -2.28. The van der Waals surface area contributed by atoms with Crippen molar-refractivity contribution in [3.63, 3.8) is 0 Å². The van der Waals surface area contributed by atoms with Gasteiger partial charge in [0.2, 0.25) is 5.91 Å². The van der Waals surface area contributed by atoms with Gasteiger partial charge in [-0.15, -0.1) is 0 Å². The summed E-state index contributed by atoms with van der Waals surface area (Å²) in [6, 6.07) is 9.17. The number of anilines is 1. The fourth-order valence-electron chi connectivity index (χ4n) is 5.63. The van der Waals surface area contributed by atoms with Crippen molar-refractivity contribution in [1.82, 2.24) is 9.88 Å².